The Morgan fingerprint density at radius 3 is 1.55 bits per heavy atom. The lowest BCUT2D eigenvalue weighted by atomic mass is 10.2. The highest BCUT2D eigenvalue weighted by Crippen LogP contribution is 2.60. The number of esters is 2. The molecule has 0 amide bonds. The van der Waals surface area contributed by atoms with Crippen molar-refractivity contribution in [3.8, 4) is 0 Å². The fourth-order valence-electron chi connectivity index (χ4n) is 7.35. The Labute approximate surface area is 314 Å². The average Bonchev–Trinajstić information content (AvgIpc) is 3.75. The number of ether oxygens (including phenoxy) is 3. The van der Waals surface area contributed by atoms with E-state index in [0.717, 1.165) is 16.8 Å². The number of pyridine rings is 2. The molecular weight excluding hydrogens is 728 g/mol. The predicted molar refractivity (Wildman–Crippen MR) is 188 cm³/mol. The number of nitrogens with zero attached hydrogens (tertiary/aromatic N) is 8. The first-order valence-corrected chi connectivity index (χ1v) is 18.1. The van der Waals surface area contributed by atoms with Crippen LogP contribution in [0, 0.1) is 23.7 Å². The Bertz CT molecular complexity index is 2010. The zero-order valence-electron chi connectivity index (χ0n) is 30.6. The number of hydrogen-bond acceptors (Lipinski definition) is 12. The molecule has 14 nitrogen and oxygen atoms in total. The lowest BCUT2D eigenvalue weighted by molar-refractivity contribution is 0.0516. The second-order valence-electron chi connectivity index (χ2n) is 14.0. The van der Waals surface area contributed by atoms with E-state index in [9.17, 15) is 32.3 Å². The molecule has 0 radical (unpaired) electrons. The molecule has 0 spiro atoms. The van der Waals surface area contributed by atoms with E-state index >= 15 is 0 Å². The molecular formula is C37H42F4N8O6. The van der Waals surface area contributed by atoms with Crippen LogP contribution in [0.1, 0.15) is 57.1 Å². The first-order chi connectivity index (χ1) is 26.4. The van der Waals surface area contributed by atoms with E-state index in [1.807, 2.05) is 28.0 Å². The van der Waals surface area contributed by atoms with E-state index in [1.165, 1.54) is 12.4 Å². The van der Waals surface area contributed by atoms with Gasteiger partial charge in [0.25, 0.3) is 11.8 Å². The number of piperidine rings is 2. The van der Waals surface area contributed by atoms with Crippen LogP contribution < -0.4 is 9.80 Å². The van der Waals surface area contributed by atoms with E-state index in [1.54, 1.807) is 48.8 Å². The summed E-state index contributed by atoms with van der Waals surface area (Å²) in [7, 11) is 1.58. The standard InChI is InChI=1S/C19H22F2N4O3.C18H20F2N4O3/c1-3-28-18(26)13-6-22-25(8-13)7-12-4-5-17(23-16(12)11-27-2)24-9-14-15(10-24)19(14,20)21;1-2-27-17(26)12-5-21-24(7-12)6-11-3-4-16(22-15(11)10-25)23-8-13-14(9-23)18(13,19)20/h4-6,8,14-15H,3,7,9-11H2,1-2H3;3-5,7,13-14,25H,2,6,8-10H2,1H3. The molecule has 4 atom stereocenters. The molecule has 0 aromatic carbocycles. The second-order valence-corrected chi connectivity index (χ2v) is 14.0. The van der Waals surface area contributed by atoms with E-state index < -0.39 is 47.5 Å². The summed E-state index contributed by atoms with van der Waals surface area (Å²) in [5.74, 6) is -6.88. The van der Waals surface area contributed by atoms with Gasteiger partial charge in [-0.1, -0.05) is 12.1 Å². The normalized spacial score (nSPS) is 22.4. The summed E-state index contributed by atoms with van der Waals surface area (Å²) < 4.78 is 71.9. The maximum atomic E-state index is 13.4. The number of carbonyl (C=O) groups excluding carboxylic acids is 2. The summed E-state index contributed by atoms with van der Waals surface area (Å²) in [4.78, 5) is 36.3. The predicted octanol–water partition coefficient (Wildman–Crippen LogP) is 4.05. The molecule has 4 aliphatic rings. The van der Waals surface area contributed by atoms with E-state index in [-0.39, 0.29) is 26.3 Å². The number of anilines is 2. The summed E-state index contributed by atoms with van der Waals surface area (Å²) >= 11 is 0. The molecule has 2 saturated heterocycles. The van der Waals surface area contributed by atoms with Crippen molar-refractivity contribution < 1.29 is 46.5 Å². The van der Waals surface area contributed by atoms with Gasteiger partial charge in [0.05, 0.1) is 98.1 Å². The van der Waals surface area contributed by atoms with Gasteiger partial charge < -0.3 is 29.1 Å². The van der Waals surface area contributed by atoms with Crippen molar-refractivity contribution in [2.75, 3.05) is 56.3 Å². The van der Waals surface area contributed by atoms with Crippen LogP contribution in [-0.2, 0) is 40.5 Å². The molecule has 0 bridgehead atoms. The third-order valence-corrected chi connectivity index (χ3v) is 10.5. The van der Waals surface area contributed by atoms with Crippen LogP contribution in [0.5, 0.6) is 0 Å². The van der Waals surface area contributed by atoms with Crippen LogP contribution in [-0.4, -0.2) is 105 Å². The topological polar surface area (TPSA) is 150 Å². The Morgan fingerprint density at radius 2 is 1.15 bits per heavy atom. The molecule has 2 aliphatic carbocycles. The summed E-state index contributed by atoms with van der Waals surface area (Å²) in [6.45, 7) is 6.07. The molecule has 4 unspecified atom stereocenters. The quantitative estimate of drug-likeness (QED) is 0.155. The van der Waals surface area contributed by atoms with Gasteiger partial charge in [-0.3, -0.25) is 9.36 Å². The van der Waals surface area contributed by atoms with Gasteiger partial charge in [0.15, 0.2) is 0 Å². The molecule has 4 fully saturated rings. The Morgan fingerprint density at radius 1 is 0.727 bits per heavy atom. The molecule has 2 aliphatic heterocycles. The molecule has 6 heterocycles. The number of aliphatic hydroxyl groups is 1. The molecule has 8 rings (SSSR count). The number of carbonyl (C=O) groups is 2. The van der Waals surface area contributed by atoms with Gasteiger partial charge in [-0.25, -0.2) is 37.1 Å². The lowest BCUT2D eigenvalue weighted by Crippen LogP contribution is -2.28. The maximum absolute atomic E-state index is 13.4. The van der Waals surface area contributed by atoms with Crippen molar-refractivity contribution in [3.05, 3.63) is 82.7 Å². The van der Waals surface area contributed by atoms with Crippen molar-refractivity contribution in [3.63, 3.8) is 0 Å². The number of alkyl halides is 4. The van der Waals surface area contributed by atoms with Crippen LogP contribution in [0.25, 0.3) is 0 Å². The number of methoxy groups -OCH3 is 1. The molecule has 4 aromatic heterocycles. The third-order valence-electron chi connectivity index (χ3n) is 10.5. The van der Waals surface area contributed by atoms with E-state index in [0.29, 0.717) is 67.8 Å². The Hall–Kier alpha value is -5.10. The number of fused-ring (bicyclic) bond motifs is 2. The molecule has 2 saturated carbocycles. The Balaban J connectivity index is 0.000000169. The third kappa shape index (κ3) is 7.74. The van der Waals surface area contributed by atoms with Gasteiger partial charge in [0.1, 0.15) is 11.6 Å². The van der Waals surface area contributed by atoms with E-state index in [4.69, 9.17) is 14.2 Å². The lowest BCUT2D eigenvalue weighted by Gasteiger charge is -2.22. The molecule has 4 aromatic rings. The van der Waals surface area contributed by atoms with Gasteiger partial charge in [-0.15, -0.1) is 0 Å². The van der Waals surface area contributed by atoms with Crippen LogP contribution in [0.15, 0.2) is 49.1 Å². The molecule has 18 heteroatoms. The SMILES string of the molecule is CCOC(=O)c1cnn(Cc2ccc(N3CC4C(C3)C4(F)F)nc2CO)c1.CCOC(=O)c1cnn(Cc2ccc(N3CC4C(C3)C4(F)F)nc2COC)c1. The summed E-state index contributed by atoms with van der Waals surface area (Å²) in [6.07, 6.45) is 6.09. The second kappa shape index (κ2) is 15.2. The van der Waals surface area contributed by atoms with Crippen LogP contribution in [0.2, 0.25) is 0 Å². The summed E-state index contributed by atoms with van der Waals surface area (Å²) in [5, 5.41) is 18.0. The van der Waals surface area contributed by atoms with Gasteiger partial charge in [-0.2, -0.15) is 10.2 Å². The van der Waals surface area contributed by atoms with Gasteiger partial charge >= 0.3 is 11.9 Å². The number of aliphatic hydroxyl groups excluding tert-OH is 1. The molecule has 1 N–H and O–H groups in total. The van der Waals surface area contributed by atoms with Crippen molar-refractivity contribution >= 4 is 23.6 Å². The first-order valence-electron chi connectivity index (χ1n) is 18.1. The largest absolute Gasteiger partial charge is 0.462 e. The highest BCUT2D eigenvalue weighted by Gasteiger charge is 2.72. The van der Waals surface area contributed by atoms with Crippen molar-refractivity contribution in [1.82, 2.24) is 29.5 Å². The van der Waals surface area contributed by atoms with Gasteiger partial charge in [0, 0.05) is 45.7 Å². The zero-order valence-corrected chi connectivity index (χ0v) is 30.6. The van der Waals surface area contributed by atoms with Crippen LogP contribution in [0.4, 0.5) is 29.2 Å². The minimum atomic E-state index is -2.53. The highest BCUT2D eigenvalue weighted by molar-refractivity contribution is 5.89. The fourth-order valence-corrected chi connectivity index (χ4v) is 7.35. The molecule has 294 valence electrons. The minimum Gasteiger partial charge on any atom is -0.462 e. The number of hydrogen-bond donors (Lipinski definition) is 1. The first kappa shape index (κ1) is 38.2. The van der Waals surface area contributed by atoms with Crippen LogP contribution >= 0.6 is 0 Å². The van der Waals surface area contributed by atoms with Gasteiger partial charge in [-0.05, 0) is 37.1 Å². The monoisotopic (exact) mass is 770 g/mol. The summed E-state index contributed by atoms with van der Waals surface area (Å²) in [5.41, 5.74) is 3.56. The zero-order chi connectivity index (χ0) is 39.1. The highest BCUT2D eigenvalue weighted by atomic mass is 19.3. The minimum absolute atomic E-state index is 0.272. The van der Waals surface area contributed by atoms with E-state index in [2.05, 4.69) is 20.2 Å². The smallest absolute Gasteiger partial charge is 0.341 e. The number of aromatic nitrogens is 6. The van der Waals surface area contributed by atoms with Crippen molar-refractivity contribution in [2.24, 2.45) is 23.7 Å². The number of rotatable bonds is 13. The summed E-state index contributed by atoms with van der Waals surface area (Å²) in [6, 6.07) is 7.33. The van der Waals surface area contributed by atoms with Crippen molar-refractivity contribution in [2.45, 2.75) is 52.0 Å². The molecule has 55 heavy (non-hydrogen) atoms. The van der Waals surface area contributed by atoms with Crippen LogP contribution in [0.3, 0.4) is 0 Å². The maximum Gasteiger partial charge on any atom is 0.341 e. The van der Waals surface area contributed by atoms with Crippen molar-refractivity contribution in [1.29, 1.82) is 0 Å². The Kier molecular flexibility index (Phi) is 10.6. The average molecular weight is 771 g/mol. The van der Waals surface area contributed by atoms with Gasteiger partial charge in [0.2, 0.25) is 0 Å². The fraction of sp³-hybridized carbons (Fsp3) is 0.514. The number of halogens is 4.